The molecule has 1 aromatic rings. The number of aliphatic imine (C=N–C) groups is 2. The highest BCUT2D eigenvalue weighted by molar-refractivity contribution is 7.91. The standard InChI is InChI=1S/C35H47ClFN5OS/c1-5-7-16-29(25-14-9-8-10-15-25)32-31(36)21-30(35(39-4)42-22-26-17-18-27(23-42)41-26)34(33(32)37)40-19-11-12-20-44(43)24-28(38-3)13-6-2/h5,7-10,14-16,21,26-28,38,41H,4,6,11-13,17-20,22-24H2,1-3H3/b7-5-,29-16+,35-30+,40-34+. The third-order valence-electron chi connectivity index (χ3n) is 8.39. The van der Waals surface area contributed by atoms with Gasteiger partial charge in [0.15, 0.2) is 5.83 Å². The summed E-state index contributed by atoms with van der Waals surface area (Å²) >= 11 is 6.03. The number of unbranched alkanes of at least 4 members (excludes halogenated alkanes) is 1. The number of hydrogen-bond acceptors (Lipinski definition) is 6. The summed E-state index contributed by atoms with van der Waals surface area (Å²) in [6.07, 6.45) is 13.2. The van der Waals surface area contributed by atoms with Gasteiger partial charge in [-0.25, -0.2) is 9.38 Å². The van der Waals surface area contributed by atoms with Crippen LogP contribution in [0.3, 0.4) is 0 Å². The molecule has 2 bridgehead atoms. The first-order chi connectivity index (χ1) is 21.4. The zero-order chi connectivity index (χ0) is 31.5. The molecule has 44 heavy (non-hydrogen) atoms. The first kappa shape index (κ1) is 34.4. The molecule has 1 aliphatic carbocycles. The zero-order valence-corrected chi connectivity index (χ0v) is 27.9. The van der Waals surface area contributed by atoms with Crippen LogP contribution < -0.4 is 10.6 Å². The van der Waals surface area contributed by atoms with Gasteiger partial charge in [0.1, 0.15) is 23.0 Å². The highest BCUT2D eigenvalue weighted by Gasteiger charge is 2.36. The second kappa shape index (κ2) is 17.3. The Bertz CT molecular complexity index is 1310. The smallest absolute Gasteiger partial charge is 0.158 e. The number of halogens is 2. The topological polar surface area (TPSA) is 75.1 Å². The largest absolute Gasteiger partial charge is 0.616 e. The van der Waals surface area contributed by atoms with Crippen molar-refractivity contribution in [1.82, 2.24) is 15.5 Å². The van der Waals surface area contributed by atoms with Crippen molar-refractivity contribution < 1.29 is 8.94 Å². The number of piperazine rings is 1. The van der Waals surface area contributed by atoms with Crippen LogP contribution in [-0.4, -0.2) is 78.2 Å². The van der Waals surface area contributed by atoms with Crippen LogP contribution in [0.4, 0.5) is 4.39 Å². The van der Waals surface area contributed by atoms with E-state index >= 15 is 4.39 Å². The molecule has 0 saturated carbocycles. The lowest BCUT2D eigenvalue weighted by molar-refractivity contribution is 0.241. The maximum atomic E-state index is 16.9. The zero-order valence-electron chi connectivity index (χ0n) is 26.3. The fourth-order valence-electron chi connectivity index (χ4n) is 6.17. The van der Waals surface area contributed by atoms with E-state index in [4.69, 9.17) is 16.6 Å². The fraction of sp³-hybridized carbons (Fsp3) is 0.486. The van der Waals surface area contributed by atoms with Gasteiger partial charge < -0.3 is 20.1 Å². The van der Waals surface area contributed by atoms with Crippen LogP contribution in [0.2, 0.25) is 0 Å². The van der Waals surface area contributed by atoms with Crippen molar-refractivity contribution in [2.45, 2.75) is 70.5 Å². The molecule has 2 heterocycles. The van der Waals surface area contributed by atoms with Crippen molar-refractivity contribution in [3.05, 3.63) is 88.0 Å². The van der Waals surface area contributed by atoms with E-state index in [0.29, 0.717) is 64.1 Å². The van der Waals surface area contributed by atoms with E-state index < -0.39 is 17.0 Å². The van der Waals surface area contributed by atoms with Crippen molar-refractivity contribution in [2.75, 3.05) is 38.2 Å². The maximum Gasteiger partial charge on any atom is 0.158 e. The van der Waals surface area contributed by atoms with Crippen LogP contribution in [0.15, 0.2) is 92.4 Å². The van der Waals surface area contributed by atoms with Gasteiger partial charge in [-0.1, -0.05) is 84.7 Å². The average Bonchev–Trinajstić information content (AvgIpc) is 3.37. The van der Waals surface area contributed by atoms with Crippen LogP contribution >= 0.6 is 11.6 Å². The Balaban J connectivity index is 1.65. The number of hydrogen-bond donors (Lipinski definition) is 2. The van der Waals surface area contributed by atoms with Crippen molar-refractivity contribution in [2.24, 2.45) is 9.98 Å². The minimum absolute atomic E-state index is 0.249. The summed E-state index contributed by atoms with van der Waals surface area (Å²) in [5, 5.41) is 7.22. The third kappa shape index (κ3) is 8.82. The molecule has 4 rings (SSSR count). The molecule has 2 aliphatic heterocycles. The number of likely N-dealkylation sites (tertiary alicyclic amines) is 1. The van der Waals surface area contributed by atoms with E-state index in [0.717, 1.165) is 50.8 Å². The predicted molar refractivity (Wildman–Crippen MR) is 187 cm³/mol. The van der Waals surface area contributed by atoms with Crippen molar-refractivity contribution in [3.63, 3.8) is 0 Å². The van der Waals surface area contributed by atoms with Crippen LogP contribution in [0, 0.1) is 0 Å². The SMILES string of the molecule is C=N/C(=C1/C=C(Cl)C(C(=C/C=C\C)/c2ccccc2)=C(F)/C1=N/CCCC[S+]([O-])CC(CCC)NC)N1CC2CCC(C1)N2. The molecule has 0 spiro atoms. The average molecular weight is 640 g/mol. The number of nitrogens with zero attached hydrogens (tertiary/aromatic N) is 3. The van der Waals surface area contributed by atoms with Crippen LogP contribution in [0.25, 0.3) is 5.57 Å². The van der Waals surface area contributed by atoms with E-state index in [1.165, 1.54) is 0 Å². The Labute approximate surface area is 271 Å². The van der Waals surface area contributed by atoms with Crippen molar-refractivity contribution in [3.8, 4) is 0 Å². The van der Waals surface area contributed by atoms with Crippen LogP contribution in [0.1, 0.15) is 57.9 Å². The van der Waals surface area contributed by atoms with Crippen LogP contribution in [-0.2, 0) is 11.2 Å². The van der Waals surface area contributed by atoms with Gasteiger partial charge in [-0.3, -0.25) is 4.99 Å². The van der Waals surface area contributed by atoms with Gasteiger partial charge in [0.05, 0.1) is 11.1 Å². The van der Waals surface area contributed by atoms with Crippen molar-refractivity contribution in [1.29, 1.82) is 0 Å². The molecule has 2 saturated heterocycles. The maximum absolute atomic E-state index is 16.9. The molecule has 0 radical (unpaired) electrons. The lowest BCUT2D eigenvalue weighted by Gasteiger charge is -2.35. The highest BCUT2D eigenvalue weighted by atomic mass is 35.5. The number of nitrogens with one attached hydrogen (secondary N) is 2. The van der Waals surface area contributed by atoms with Crippen molar-refractivity contribution >= 4 is 40.8 Å². The number of benzene rings is 1. The molecule has 4 atom stereocenters. The summed E-state index contributed by atoms with van der Waals surface area (Å²) in [6, 6.07) is 10.7. The Morgan fingerprint density at radius 1 is 1.25 bits per heavy atom. The van der Waals surface area contributed by atoms with Crippen LogP contribution in [0.5, 0.6) is 0 Å². The van der Waals surface area contributed by atoms with Gasteiger partial charge in [0, 0.05) is 42.9 Å². The molecule has 2 N–H and O–H groups in total. The molecule has 9 heteroatoms. The van der Waals surface area contributed by atoms with Gasteiger partial charge in [-0.05, 0) is 70.0 Å². The fourth-order valence-corrected chi connectivity index (χ4v) is 7.94. The highest BCUT2D eigenvalue weighted by Crippen LogP contribution is 2.41. The summed E-state index contributed by atoms with van der Waals surface area (Å²) in [5.41, 5.74) is 2.67. The van der Waals surface area contributed by atoms with E-state index in [1.807, 2.05) is 62.5 Å². The Kier molecular flexibility index (Phi) is 13.5. The van der Waals surface area contributed by atoms with Gasteiger partial charge in [-0.15, -0.1) is 0 Å². The molecule has 0 aromatic heterocycles. The molecular formula is C35H47ClFN5OS. The number of fused-ring (bicyclic) bond motifs is 2. The lowest BCUT2D eigenvalue weighted by Crippen LogP contribution is -2.50. The lowest BCUT2D eigenvalue weighted by atomic mass is 9.89. The minimum Gasteiger partial charge on any atom is -0.616 e. The Morgan fingerprint density at radius 2 is 1.98 bits per heavy atom. The Morgan fingerprint density at radius 3 is 2.61 bits per heavy atom. The summed E-state index contributed by atoms with van der Waals surface area (Å²) in [4.78, 5) is 11.5. The summed E-state index contributed by atoms with van der Waals surface area (Å²) in [6.45, 7) is 9.91. The first-order valence-corrected chi connectivity index (χ1v) is 17.7. The molecule has 3 aliphatic rings. The Hall–Kier alpha value is -2.49. The van der Waals surface area contributed by atoms with Gasteiger partial charge in [0.25, 0.3) is 0 Å². The monoisotopic (exact) mass is 639 g/mol. The third-order valence-corrected chi connectivity index (χ3v) is 10.2. The predicted octanol–water partition coefficient (Wildman–Crippen LogP) is 6.71. The van der Waals surface area contributed by atoms with Gasteiger partial charge in [-0.2, -0.15) is 0 Å². The molecule has 238 valence electrons. The quantitative estimate of drug-likeness (QED) is 0.0968. The molecular weight excluding hydrogens is 593 g/mol. The van der Waals surface area contributed by atoms with E-state index in [-0.39, 0.29) is 11.8 Å². The number of rotatable bonds is 15. The summed E-state index contributed by atoms with van der Waals surface area (Å²) in [5.74, 6) is 1.41. The molecule has 2 fully saturated rings. The van der Waals surface area contributed by atoms with E-state index in [1.54, 1.807) is 6.08 Å². The first-order valence-electron chi connectivity index (χ1n) is 15.9. The minimum atomic E-state index is -0.908. The normalized spacial score (nSPS) is 24.2. The summed E-state index contributed by atoms with van der Waals surface area (Å²) in [7, 11) is 1.93. The second-order valence-corrected chi connectivity index (χ2v) is 13.6. The molecule has 6 nitrogen and oxygen atoms in total. The molecule has 4 unspecified atom stereocenters. The molecule has 1 aromatic carbocycles. The summed E-state index contributed by atoms with van der Waals surface area (Å²) < 4.78 is 29.6. The van der Waals surface area contributed by atoms with Gasteiger partial charge >= 0.3 is 0 Å². The van der Waals surface area contributed by atoms with E-state index in [2.05, 4.69) is 34.2 Å². The van der Waals surface area contributed by atoms with Gasteiger partial charge in [0.2, 0.25) is 0 Å². The van der Waals surface area contributed by atoms with E-state index in [9.17, 15) is 4.55 Å². The second-order valence-electron chi connectivity index (χ2n) is 11.6. The number of allylic oxidation sites excluding steroid dienone is 9. The molecule has 0 amide bonds.